The van der Waals surface area contributed by atoms with Crippen molar-refractivity contribution < 1.29 is 19.4 Å². The van der Waals surface area contributed by atoms with Crippen LogP contribution in [0.15, 0.2) is 36.5 Å². The maximum absolute atomic E-state index is 13.1. The second-order valence-corrected chi connectivity index (χ2v) is 7.18. The van der Waals surface area contributed by atoms with E-state index in [0.29, 0.717) is 25.3 Å². The van der Waals surface area contributed by atoms with Gasteiger partial charge in [0.15, 0.2) is 11.4 Å². The molecule has 0 saturated carbocycles. The number of piperidine rings is 1. The Labute approximate surface area is 158 Å². The third-order valence-electron chi connectivity index (χ3n) is 4.52. The number of hydrogen-bond acceptors (Lipinski definition) is 4. The predicted octanol–water partition coefficient (Wildman–Crippen LogP) is 2.99. The molecule has 144 valence electrons. The molecule has 1 aromatic carbocycles. The summed E-state index contributed by atoms with van der Waals surface area (Å²) in [7, 11) is 0. The van der Waals surface area contributed by atoms with Crippen LogP contribution in [0.4, 0.5) is 0 Å². The average molecular weight is 371 g/mol. The van der Waals surface area contributed by atoms with Gasteiger partial charge in [-0.2, -0.15) is 5.10 Å². The number of para-hydroxylation sites is 1. The van der Waals surface area contributed by atoms with E-state index in [4.69, 9.17) is 4.74 Å². The molecular weight excluding hydrogens is 346 g/mol. The number of carbonyl (C=O) groups excluding carboxylic acids is 1. The lowest BCUT2D eigenvalue weighted by atomic mass is 10.0. The lowest BCUT2D eigenvalue weighted by Gasteiger charge is -2.32. The molecule has 0 radical (unpaired) electrons. The third-order valence-corrected chi connectivity index (χ3v) is 4.52. The van der Waals surface area contributed by atoms with Crippen molar-refractivity contribution in [3.8, 4) is 11.4 Å². The number of likely N-dealkylation sites (tertiary alicyclic amines) is 1. The fourth-order valence-corrected chi connectivity index (χ4v) is 3.15. The molecule has 1 aliphatic rings. The van der Waals surface area contributed by atoms with Crippen LogP contribution in [0.3, 0.4) is 0 Å². The van der Waals surface area contributed by atoms with Gasteiger partial charge in [0, 0.05) is 6.54 Å². The number of carbonyl (C=O) groups is 2. The minimum absolute atomic E-state index is 0.160. The Kier molecular flexibility index (Phi) is 5.78. The molecule has 1 unspecified atom stereocenters. The normalized spacial score (nSPS) is 17.1. The van der Waals surface area contributed by atoms with E-state index in [1.807, 2.05) is 44.2 Å². The van der Waals surface area contributed by atoms with Crippen molar-refractivity contribution in [2.45, 2.75) is 39.2 Å². The van der Waals surface area contributed by atoms with E-state index in [1.54, 1.807) is 10.9 Å². The van der Waals surface area contributed by atoms with Crippen molar-refractivity contribution >= 4 is 11.9 Å². The van der Waals surface area contributed by atoms with Gasteiger partial charge in [0.2, 0.25) is 0 Å². The highest BCUT2D eigenvalue weighted by Crippen LogP contribution is 2.26. The smallest absolute Gasteiger partial charge is 0.326 e. The van der Waals surface area contributed by atoms with Crippen LogP contribution in [0.2, 0.25) is 0 Å². The monoisotopic (exact) mass is 371 g/mol. The Morgan fingerprint density at radius 3 is 2.67 bits per heavy atom. The Hall–Kier alpha value is -2.83. The Balaban J connectivity index is 1.95. The second kappa shape index (κ2) is 8.24. The third kappa shape index (κ3) is 4.30. The fraction of sp³-hybridized carbons (Fsp3) is 0.450. The number of amides is 1. The summed E-state index contributed by atoms with van der Waals surface area (Å²) in [5.41, 5.74) is 0.965. The molecule has 1 N–H and O–H groups in total. The lowest BCUT2D eigenvalue weighted by Crippen LogP contribution is -2.48. The molecule has 7 nitrogen and oxygen atoms in total. The zero-order valence-corrected chi connectivity index (χ0v) is 15.7. The zero-order chi connectivity index (χ0) is 19.4. The van der Waals surface area contributed by atoms with Crippen LogP contribution in [0.1, 0.15) is 43.6 Å². The molecule has 27 heavy (non-hydrogen) atoms. The number of ether oxygens (including phenoxy) is 1. The molecule has 1 aromatic heterocycles. The molecule has 2 heterocycles. The van der Waals surface area contributed by atoms with Gasteiger partial charge in [0.25, 0.3) is 5.91 Å². The SMILES string of the molecule is CC(C)COc1cn(-c2ccccc2)nc1C(=O)N1CCCCC1C(=O)O. The molecule has 1 aliphatic heterocycles. The molecule has 0 spiro atoms. The summed E-state index contributed by atoms with van der Waals surface area (Å²) in [4.78, 5) is 26.1. The average Bonchev–Trinajstić information content (AvgIpc) is 3.10. The number of aliphatic carboxylic acids is 1. The molecule has 0 aliphatic carbocycles. The first-order valence-corrected chi connectivity index (χ1v) is 9.29. The van der Waals surface area contributed by atoms with Gasteiger partial charge in [-0.05, 0) is 37.3 Å². The van der Waals surface area contributed by atoms with Crippen LogP contribution >= 0.6 is 0 Å². The molecule has 1 fully saturated rings. The quantitative estimate of drug-likeness (QED) is 0.844. The lowest BCUT2D eigenvalue weighted by molar-refractivity contribution is -0.143. The van der Waals surface area contributed by atoms with Gasteiger partial charge in [-0.15, -0.1) is 0 Å². The van der Waals surface area contributed by atoms with Gasteiger partial charge in [-0.1, -0.05) is 32.0 Å². The summed E-state index contributed by atoms with van der Waals surface area (Å²) in [5.74, 6) is -0.701. The van der Waals surface area contributed by atoms with E-state index in [0.717, 1.165) is 18.5 Å². The van der Waals surface area contributed by atoms with Gasteiger partial charge >= 0.3 is 5.97 Å². The summed E-state index contributed by atoms with van der Waals surface area (Å²) in [6, 6.07) is 8.63. The zero-order valence-electron chi connectivity index (χ0n) is 15.7. The molecule has 0 bridgehead atoms. The summed E-state index contributed by atoms with van der Waals surface area (Å²) in [6.07, 6.45) is 3.74. The number of aromatic nitrogens is 2. The highest BCUT2D eigenvalue weighted by Gasteiger charge is 2.35. The van der Waals surface area contributed by atoms with Crippen molar-refractivity contribution in [3.05, 3.63) is 42.2 Å². The van der Waals surface area contributed by atoms with E-state index >= 15 is 0 Å². The largest absolute Gasteiger partial charge is 0.489 e. The number of benzene rings is 1. The maximum atomic E-state index is 13.1. The molecule has 2 aromatic rings. The predicted molar refractivity (Wildman–Crippen MR) is 100 cm³/mol. The molecule has 3 rings (SSSR count). The second-order valence-electron chi connectivity index (χ2n) is 7.18. The standard InChI is InChI=1S/C20H25N3O4/c1-14(2)13-27-17-12-23(15-8-4-3-5-9-15)21-18(17)19(24)22-11-7-6-10-16(22)20(25)26/h3-5,8-9,12,14,16H,6-7,10-11,13H2,1-2H3,(H,25,26). The van der Waals surface area contributed by atoms with Crippen LogP contribution in [0.5, 0.6) is 5.75 Å². The molecule has 1 amide bonds. The van der Waals surface area contributed by atoms with Crippen LogP contribution in [-0.2, 0) is 4.79 Å². The minimum Gasteiger partial charge on any atom is -0.489 e. The highest BCUT2D eigenvalue weighted by molar-refractivity contribution is 5.97. The van der Waals surface area contributed by atoms with Gasteiger partial charge in [-0.25, -0.2) is 9.48 Å². The fourth-order valence-electron chi connectivity index (χ4n) is 3.15. The van der Waals surface area contributed by atoms with Gasteiger partial charge in [0.05, 0.1) is 18.5 Å². The topological polar surface area (TPSA) is 84.7 Å². The van der Waals surface area contributed by atoms with Gasteiger partial charge in [-0.3, -0.25) is 4.79 Å². The summed E-state index contributed by atoms with van der Waals surface area (Å²) < 4.78 is 7.43. The first-order chi connectivity index (χ1) is 13.0. The van der Waals surface area contributed by atoms with Gasteiger partial charge < -0.3 is 14.7 Å². The first-order valence-electron chi connectivity index (χ1n) is 9.29. The summed E-state index contributed by atoms with van der Waals surface area (Å²) in [5, 5.41) is 13.9. The van der Waals surface area contributed by atoms with Crippen LogP contribution in [0, 0.1) is 5.92 Å². The Morgan fingerprint density at radius 2 is 2.00 bits per heavy atom. The van der Waals surface area contributed by atoms with E-state index in [2.05, 4.69) is 5.10 Å². The van der Waals surface area contributed by atoms with Crippen molar-refractivity contribution in [3.63, 3.8) is 0 Å². The van der Waals surface area contributed by atoms with E-state index in [1.165, 1.54) is 4.90 Å². The van der Waals surface area contributed by atoms with Crippen molar-refractivity contribution in [1.29, 1.82) is 0 Å². The van der Waals surface area contributed by atoms with Crippen molar-refractivity contribution in [2.75, 3.05) is 13.2 Å². The number of carboxylic acid groups (broad SMARTS) is 1. The van der Waals surface area contributed by atoms with E-state index in [9.17, 15) is 14.7 Å². The van der Waals surface area contributed by atoms with E-state index in [-0.39, 0.29) is 11.6 Å². The van der Waals surface area contributed by atoms with Crippen LogP contribution in [0.25, 0.3) is 5.69 Å². The summed E-state index contributed by atoms with van der Waals surface area (Å²) >= 11 is 0. The molecule has 7 heteroatoms. The molecule has 1 saturated heterocycles. The minimum atomic E-state index is -0.977. The first kappa shape index (κ1) is 18.9. The van der Waals surface area contributed by atoms with Gasteiger partial charge in [0.1, 0.15) is 6.04 Å². The van der Waals surface area contributed by atoms with Crippen LogP contribution < -0.4 is 4.74 Å². The molecule has 1 atom stereocenters. The Bertz CT molecular complexity index is 801. The number of nitrogens with zero attached hydrogens (tertiary/aromatic N) is 3. The number of rotatable bonds is 6. The highest BCUT2D eigenvalue weighted by atomic mass is 16.5. The Morgan fingerprint density at radius 1 is 1.26 bits per heavy atom. The maximum Gasteiger partial charge on any atom is 0.326 e. The van der Waals surface area contributed by atoms with Crippen molar-refractivity contribution in [2.24, 2.45) is 5.92 Å². The van der Waals surface area contributed by atoms with E-state index < -0.39 is 17.9 Å². The number of hydrogen-bond donors (Lipinski definition) is 1. The van der Waals surface area contributed by atoms with Crippen LogP contribution in [-0.4, -0.2) is 50.9 Å². The summed E-state index contributed by atoms with van der Waals surface area (Å²) in [6.45, 7) is 4.91. The number of carboxylic acids is 1. The van der Waals surface area contributed by atoms with Crippen molar-refractivity contribution in [1.82, 2.24) is 14.7 Å². The molecular formula is C20H25N3O4.